The van der Waals surface area contributed by atoms with Crippen molar-refractivity contribution in [2.75, 3.05) is 19.0 Å². The number of amides is 1. The van der Waals surface area contributed by atoms with Crippen LogP contribution < -0.4 is 5.32 Å². The minimum atomic E-state index is -4.87. The zero-order valence-corrected chi connectivity index (χ0v) is 21.5. The van der Waals surface area contributed by atoms with E-state index in [1.165, 1.54) is 19.1 Å². The molecule has 0 radical (unpaired) electrons. The fraction of sp³-hybridized carbons (Fsp3) is 0.240. The quantitative estimate of drug-likeness (QED) is 0.232. The average molecular weight is 565 g/mol. The predicted octanol–water partition coefficient (Wildman–Crippen LogP) is 5.53. The highest BCUT2D eigenvalue weighted by Crippen LogP contribution is 2.35. The lowest BCUT2D eigenvalue weighted by molar-refractivity contribution is -0.142. The highest BCUT2D eigenvalue weighted by Gasteiger charge is 2.36. The van der Waals surface area contributed by atoms with Crippen molar-refractivity contribution in [3.8, 4) is 11.3 Å². The lowest BCUT2D eigenvalue weighted by Gasteiger charge is -2.11. The number of nitrogens with zero attached hydrogens (tertiary/aromatic N) is 3. The minimum absolute atomic E-state index is 0.0382. The maximum absolute atomic E-state index is 13.9. The third-order valence-corrected chi connectivity index (χ3v) is 6.66. The Balaban J connectivity index is 1.76. The van der Waals surface area contributed by atoms with Gasteiger partial charge in [0.25, 0.3) is 5.91 Å². The molecule has 0 aliphatic heterocycles. The molecule has 3 heterocycles. The normalized spacial score (nSPS) is 11.5. The van der Waals surface area contributed by atoms with Gasteiger partial charge in [-0.15, -0.1) is 11.3 Å². The van der Waals surface area contributed by atoms with Gasteiger partial charge in [0.1, 0.15) is 15.7 Å². The standard InChI is InChI=1S/C25H20F4N4O5S/c1-4-9-38-23(35)19-12(2)20(24(36)37-3)39-22(19)31-21(34)16-11-18-30-15(13-5-7-14(26)8-6-13)10-17(25(27,28)29)33(18)32-16/h5-8,10-11H,4,9H2,1-3H3,(H,31,34). The van der Waals surface area contributed by atoms with Crippen molar-refractivity contribution in [3.05, 3.63) is 69.6 Å². The van der Waals surface area contributed by atoms with E-state index in [1.807, 2.05) is 0 Å². The summed E-state index contributed by atoms with van der Waals surface area (Å²) in [7, 11) is 1.15. The first-order chi connectivity index (χ1) is 18.4. The highest BCUT2D eigenvalue weighted by atomic mass is 32.1. The molecule has 0 spiro atoms. The molecule has 0 aliphatic carbocycles. The maximum atomic E-state index is 13.9. The van der Waals surface area contributed by atoms with Crippen LogP contribution in [0.5, 0.6) is 0 Å². The van der Waals surface area contributed by atoms with E-state index in [4.69, 9.17) is 9.47 Å². The van der Waals surface area contributed by atoms with Crippen LogP contribution in [-0.4, -0.2) is 46.2 Å². The first-order valence-electron chi connectivity index (χ1n) is 11.4. The molecule has 1 aromatic carbocycles. The van der Waals surface area contributed by atoms with Crippen molar-refractivity contribution < 1.29 is 41.4 Å². The van der Waals surface area contributed by atoms with Gasteiger partial charge < -0.3 is 14.8 Å². The number of fused-ring (bicyclic) bond motifs is 1. The molecule has 0 saturated heterocycles. The zero-order chi connectivity index (χ0) is 28.5. The Morgan fingerprint density at radius 1 is 1.10 bits per heavy atom. The van der Waals surface area contributed by atoms with Gasteiger partial charge in [-0.25, -0.2) is 23.5 Å². The predicted molar refractivity (Wildman–Crippen MR) is 132 cm³/mol. The molecule has 3 aromatic heterocycles. The summed E-state index contributed by atoms with van der Waals surface area (Å²) in [5, 5.41) is 6.17. The number of hydrogen-bond donors (Lipinski definition) is 1. The van der Waals surface area contributed by atoms with E-state index in [2.05, 4.69) is 15.4 Å². The Morgan fingerprint density at radius 3 is 2.41 bits per heavy atom. The molecule has 204 valence electrons. The maximum Gasteiger partial charge on any atom is 0.433 e. The van der Waals surface area contributed by atoms with Crippen molar-refractivity contribution in [2.24, 2.45) is 0 Å². The van der Waals surface area contributed by atoms with Crippen molar-refractivity contribution in [1.82, 2.24) is 14.6 Å². The second-order valence-electron chi connectivity index (χ2n) is 8.17. The van der Waals surface area contributed by atoms with Gasteiger partial charge in [-0.05, 0) is 49.2 Å². The van der Waals surface area contributed by atoms with Crippen molar-refractivity contribution in [2.45, 2.75) is 26.4 Å². The second kappa shape index (κ2) is 10.8. The summed E-state index contributed by atoms with van der Waals surface area (Å²) in [5.41, 5.74) is -1.72. The van der Waals surface area contributed by atoms with E-state index in [9.17, 15) is 31.9 Å². The number of aromatic nitrogens is 3. The fourth-order valence-electron chi connectivity index (χ4n) is 3.62. The van der Waals surface area contributed by atoms with E-state index >= 15 is 0 Å². The SMILES string of the molecule is CCCOC(=O)c1c(NC(=O)c2cc3nc(-c4ccc(F)cc4)cc(C(F)(F)F)n3n2)sc(C(=O)OC)c1C. The lowest BCUT2D eigenvalue weighted by Crippen LogP contribution is -2.17. The Kier molecular flexibility index (Phi) is 7.67. The molecular formula is C25H20F4N4O5S. The molecule has 0 unspecified atom stereocenters. The number of hydrogen-bond acceptors (Lipinski definition) is 8. The first kappa shape index (κ1) is 27.7. The van der Waals surface area contributed by atoms with Crippen LogP contribution in [0, 0.1) is 12.7 Å². The molecule has 0 atom stereocenters. The van der Waals surface area contributed by atoms with E-state index in [-0.39, 0.29) is 44.5 Å². The van der Waals surface area contributed by atoms with Crippen LogP contribution in [0.2, 0.25) is 0 Å². The number of carbonyl (C=O) groups is 3. The summed E-state index contributed by atoms with van der Waals surface area (Å²) in [6.07, 6.45) is -4.34. The van der Waals surface area contributed by atoms with Crippen LogP contribution in [-0.2, 0) is 15.7 Å². The monoisotopic (exact) mass is 564 g/mol. The average Bonchev–Trinajstić information content (AvgIpc) is 3.47. The number of anilines is 1. The van der Waals surface area contributed by atoms with Crippen molar-refractivity contribution >= 4 is 39.8 Å². The van der Waals surface area contributed by atoms with E-state index in [1.54, 1.807) is 6.92 Å². The molecule has 0 bridgehead atoms. The molecule has 0 aliphatic rings. The largest absolute Gasteiger partial charge is 0.465 e. The number of ether oxygens (including phenoxy) is 2. The summed E-state index contributed by atoms with van der Waals surface area (Å²) < 4.78 is 65.4. The first-order valence-corrected chi connectivity index (χ1v) is 12.2. The number of benzene rings is 1. The molecular weight excluding hydrogens is 544 g/mol. The van der Waals surface area contributed by atoms with Crippen LogP contribution in [0.1, 0.15) is 55.1 Å². The topological polar surface area (TPSA) is 112 Å². The van der Waals surface area contributed by atoms with E-state index in [0.717, 1.165) is 42.7 Å². The smallest absolute Gasteiger partial charge is 0.433 e. The van der Waals surface area contributed by atoms with E-state index in [0.29, 0.717) is 10.9 Å². The number of esters is 2. The molecule has 14 heteroatoms. The Hall–Kier alpha value is -4.33. The van der Waals surface area contributed by atoms with Gasteiger partial charge in [0.05, 0.1) is 25.0 Å². The van der Waals surface area contributed by atoms with Crippen LogP contribution in [0.15, 0.2) is 36.4 Å². The lowest BCUT2D eigenvalue weighted by atomic mass is 10.1. The number of nitrogens with one attached hydrogen (secondary N) is 1. The number of halogens is 4. The second-order valence-corrected chi connectivity index (χ2v) is 9.19. The molecule has 39 heavy (non-hydrogen) atoms. The van der Waals surface area contributed by atoms with Gasteiger partial charge in [-0.1, -0.05) is 6.92 Å². The van der Waals surface area contributed by atoms with Crippen molar-refractivity contribution in [1.29, 1.82) is 0 Å². The fourth-order valence-corrected chi connectivity index (χ4v) is 4.73. The summed E-state index contributed by atoms with van der Waals surface area (Å²) >= 11 is 0.751. The highest BCUT2D eigenvalue weighted by molar-refractivity contribution is 7.18. The van der Waals surface area contributed by atoms with Gasteiger partial charge in [-0.2, -0.15) is 18.3 Å². The van der Waals surface area contributed by atoms with Gasteiger partial charge in [0.15, 0.2) is 17.0 Å². The molecule has 4 aromatic rings. The molecule has 1 N–H and O–H groups in total. The third kappa shape index (κ3) is 5.60. The summed E-state index contributed by atoms with van der Waals surface area (Å²) in [6, 6.07) is 6.48. The number of methoxy groups -OCH3 is 1. The molecule has 1 amide bonds. The Bertz CT molecular complexity index is 1580. The number of alkyl halides is 3. The molecule has 9 nitrogen and oxygen atoms in total. The van der Waals surface area contributed by atoms with E-state index < -0.39 is 41.2 Å². The number of carbonyl (C=O) groups excluding carboxylic acids is 3. The van der Waals surface area contributed by atoms with Crippen LogP contribution in [0.4, 0.5) is 22.6 Å². The van der Waals surface area contributed by atoms with Crippen LogP contribution >= 0.6 is 11.3 Å². The zero-order valence-electron chi connectivity index (χ0n) is 20.7. The minimum Gasteiger partial charge on any atom is -0.465 e. The Morgan fingerprint density at radius 2 is 1.79 bits per heavy atom. The third-order valence-electron chi connectivity index (χ3n) is 5.48. The molecule has 0 saturated carbocycles. The van der Waals surface area contributed by atoms with Gasteiger partial charge in [0.2, 0.25) is 0 Å². The van der Waals surface area contributed by atoms with Crippen LogP contribution in [0.25, 0.3) is 16.9 Å². The summed E-state index contributed by atoms with van der Waals surface area (Å²) in [6.45, 7) is 3.34. The molecule has 4 rings (SSSR count). The summed E-state index contributed by atoms with van der Waals surface area (Å²) in [4.78, 5) is 42.1. The molecule has 0 fully saturated rings. The summed E-state index contributed by atoms with van der Waals surface area (Å²) in [5.74, 6) is -3.07. The van der Waals surface area contributed by atoms with Gasteiger partial charge in [-0.3, -0.25) is 4.79 Å². The van der Waals surface area contributed by atoms with Crippen LogP contribution in [0.3, 0.4) is 0 Å². The Labute approximate surface area is 222 Å². The van der Waals surface area contributed by atoms with Gasteiger partial charge in [0, 0.05) is 11.6 Å². The number of thiophene rings is 1. The van der Waals surface area contributed by atoms with Crippen molar-refractivity contribution in [3.63, 3.8) is 0 Å². The van der Waals surface area contributed by atoms with Gasteiger partial charge >= 0.3 is 18.1 Å². The number of rotatable bonds is 7.